The van der Waals surface area contributed by atoms with Crippen LogP contribution in [0.1, 0.15) is 50.7 Å². The first kappa shape index (κ1) is 28.5. The van der Waals surface area contributed by atoms with Crippen LogP contribution in [-0.2, 0) is 30.1 Å². The van der Waals surface area contributed by atoms with Gasteiger partial charge >= 0.3 is 5.69 Å². The lowest BCUT2D eigenvalue weighted by Crippen LogP contribution is -2.13. The number of ketones is 1. The summed E-state index contributed by atoms with van der Waals surface area (Å²) in [5.74, 6) is -0.0637. The predicted octanol–water partition coefficient (Wildman–Crippen LogP) is 5.98. The molecule has 3 heterocycles. The van der Waals surface area contributed by atoms with Crippen LogP contribution in [-0.4, -0.2) is 30.1 Å². The van der Waals surface area contributed by atoms with Crippen molar-refractivity contribution in [3.8, 4) is 17.2 Å². The van der Waals surface area contributed by atoms with Crippen LogP contribution in [0.15, 0.2) is 65.6 Å². The first-order chi connectivity index (χ1) is 18.5. The van der Waals surface area contributed by atoms with Crippen molar-refractivity contribution < 1.29 is 13.9 Å². The second-order valence-electron chi connectivity index (χ2n) is 10.8. The smallest absolute Gasteiger partial charge is 0.327 e. The standard InChI is InChI=1S/C30H30FN5O3.CH4/c1-18-6-9-20(10-7-18)36-21(16-26(34-36)30(2,3)4)15-22(37)14-19-8-11-23(17-24(19)31)39-25-12-13-32-28-27(25)35(5)29(38)33-28;/h6-13,16-17H,14-15H2,1-5H3,(H,32,33,38);1H4. The van der Waals surface area contributed by atoms with E-state index in [0.29, 0.717) is 16.9 Å². The average molecular weight is 544 g/mol. The number of hydrogen-bond acceptors (Lipinski definition) is 5. The van der Waals surface area contributed by atoms with Crippen molar-refractivity contribution in [1.82, 2.24) is 24.3 Å². The van der Waals surface area contributed by atoms with Gasteiger partial charge in [0.2, 0.25) is 0 Å². The minimum atomic E-state index is -0.545. The molecule has 3 aromatic heterocycles. The fraction of sp³-hybridized carbons (Fsp3) is 0.290. The number of aromatic nitrogens is 5. The number of pyridine rings is 1. The van der Waals surface area contributed by atoms with Crippen LogP contribution in [0.4, 0.5) is 4.39 Å². The van der Waals surface area contributed by atoms with Gasteiger partial charge in [0.25, 0.3) is 0 Å². The minimum absolute atomic E-state index is 0. The molecule has 40 heavy (non-hydrogen) atoms. The highest BCUT2D eigenvalue weighted by atomic mass is 19.1. The number of ether oxygens (including phenoxy) is 1. The molecule has 208 valence electrons. The first-order valence-corrected chi connectivity index (χ1v) is 12.7. The highest BCUT2D eigenvalue weighted by Gasteiger charge is 2.22. The van der Waals surface area contributed by atoms with Crippen LogP contribution in [0.3, 0.4) is 0 Å². The van der Waals surface area contributed by atoms with Gasteiger partial charge in [0.1, 0.15) is 22.9 Å². The van der Waals surface area contributed by atoms with Gasteiger partial charge in [-0.2, -0.15) is 5.10 Å². The molecule has 0 saturated carbocycles. The van der Waals surface area contributed by atoms with Gasteiger partial charge in [-0.25, -0.2) is 18.9 Å². The molecule has 0 aliphatic rings. The Hall–Kier alpha value is -4.53. The molecular weight excluding hydrogens is 509 g/mol. The van der Waals surface area contributed by atoms with Crippen molar-refractivity contribution in [2.24, 2.45) is 7.05 Å². The zero-order valence-electron chi connectivity index (χ0n) is 22.6. The summed E-state index contributed by atoms with van der Waals surface area (Å²) < 4.78 is 24.1. The third kappa shape index (κ3) is 5.73. The Kier molecular flexibility index (Phi) is 7.77. The van der Waals surface area contributed by atoms with Gasteiger partial charge in [0.15, 0.2) is 11.4 Å². The second-order valence-corrected chi connectivity index (χ2v) is 10.8. The monoisotopic (exact) mass is 543 g/mol. The second kappa shape index (κ2) is 10.9. The van der Waals surface area contributed by atoms with Crippen molar-refractivity contribution in [1.29, 1.82) is 0 Å². The Bertz CT molecular complexity index is 1740. The lowest BCUT2D eigenvalue weighted by Gasteiger charge is -2.14. The molecule has 1 N–H and O–H groups in total. The summed E-state index contributed by atoms with van der Waals surface area (Å²) in [4.78, 5) is 31.8. The summed E-state index contributed by atoms with van der Waals surface area (Å²) in [7, 11) is 1.60. The molecule has 9 heteroatoms. The molecular formula is C31H34FN5O3. The van der Waals surface area contributed by atoms with E-state index < -0.39 is 5.82 Å². The quantitative estimate of drug-likeness (QED) is 0.273. The number of imidazole rings is 1. The molecule has 0 radical (unpaired) electrons. The number of rotatable bonds is 7. The van der Waals surface area contributed by atoms with Crippen LogP contribution < -0.4 is 10.4 Å². The molecule has 0 fully saturated rings. The fourth-order valence-corrected chi connectivity index (χ4v) is 4.38. The number of carbonyl (C=O) groups excluding carboxylic acids is 1. The highest BCUT2D eigenvalue weighted by Crippen LogP contribution is 2.29. The predicted molar refractivity (Wildman–Crippen MR) is 154 cm³/mol. The molecule has 0 aliphatic carbocycles. The molecule has 0 atom stereocenters. The van der Waals surface area contributed by atoms with Crippen molar-refractivity contribution >= 4 is 16.9 Å². The SMILES string of the molecule is C.Cc1ccc(-n2nc(C(C)(C)C)cc2CC(=O)Cc2ccc(Oc3ccnc4[nH]c(=O)n(C)c34)cc2F)cc1. The largest absolute Gasteiger partial charge is 0.455 e. The molecule has 5 aromatic rings. The van der Waals surface area contributed by atoms with Gasteiger partial charge in [0, 0.05) is 43.6 Å². The molecule has 8 nitrogen and oxygen atoms in total. The van der Waals surface area contributed by atoms with Crippen LogP contribution in [0.2, 0.25) is 0 Å². The van der Waals surface area contributed by atoms with Gasteiger partial charge in [-0.1, -0.05) is 52.0 Å². The van der Waals surface area contributed by atoms with Crippen molar-refractivity contribution in [3.63, 3.8) is 0 Å². The maximum Gasteiger partial charge on any atom is 0.327 e. The number of nitrogens with one attached hydrogen (secondary N) is 1. The van der Waals surface area contributed by atoms with Gasteiger partial charge in [-0.3, -0.25) is 14.3 Å². The topological polar surface area (TPSA) is 94.8 Å². The Balaban J connectivity index is 0.00000370. The number of halogens is 1. The zero-order chi connectivity index (χ0) is 27.9. The van der Waals surface area contributed by atoms with Crippen molar-refractivity contribution in [3.05, 3.63) is 99.6 Å². The number of H-pyrrole nitrogens is 1. The Morgan fingerprint density at radius 3 is 2.45 bits per heavy atom. The van der Waals surface area contributed by atoms with E-state index in [-0.39, 0.29) is 48.5 Å². The lowest BCUT2D eigenvalue weighted by molar-refractivity contribution is -0.117. The normalized spacial score (nSPS) is 11.4. The molecule has 5 rings (SSSR count). The van der Waals surface area contributed by atoms with Crippen molar-refractivity contribution in [2.75, 3.05) is 0 Å². The van der Waals surface area contributed by atoms with Crippen LogP contribution in [0.5, 0.6) is 11.5 Å². The van der Waals surface area contributed by atoms with Gasteiger partial charge < -0.3 is 4.74 Å². The molecule has 0 aliphatic heterocycles. The summed E-state index contributed by atoms with van der Waals surface area (Å²) in [5.41, 5.74) is 4.25. The maximum atomic E-state index is 15.1. The van der Waals surface area contributed by atoms with E-state index >= 15 is 4.39 Å². The van der Waals surface area contributed by atoms with E-state index in [9.17, 15) is 9.59 Å². The molecule has 0 saturated heterocycles. The highest BCUT2D eigenvalue weighted by molar-refractivity contribution is 5.83. The van der Waals surface area contributed by atoms with Crippen LogP contribution in [0.25, 0.3) is 16.9 Å². The Labute approximate surface area is 232 Å². The van der Waals surface area contributed by atoms with Crippen LogP contribution in [0, 0.1) is 12.7 Å². The van der Waals surface area contributed by atoms with E-state index in [4.69, 9.17) is 9.84 Å². The van der Waals surface area contributed by atoms with Gasteiger partial charge in [-0.05, 0) is 36.8 Å². The number of carbonyl (C=O) groups is 1. The third-order valence-corrected chi connectivity index (χ3v) is 6.60. The maximum absolute atomic E-state index is 15.1. The van der Waals surface area contributed by atoms with E-state index in [1.54, 1.807) is 29.9 Å². The molecule has 0 amide bonds. The van der Waals surface area contributed by atoms with E-state index in [1.807, 2.05) is 37.3 Å². The Morgan fingerprint density at radius 2 is 1.77 bits per heavy atom. The van der Waals surface area contributed by atoms with Crippen molar-refractivity contribution in [2.45, 2.75) is 53.4 Å². The Morgan fingerprint density at radius 1 is 1.05 bits per heavy atom. The zero-order valence-corrected chi connectivity index (χ0v) is 22.6. The summed E-state index contributed by atoms with van der Waals surface area (Å²) in [6.45, 7) is 8.24. The van der Waals surface area contributed by atoms with Gasteiger partial charge in [0.05, 0.1) is 17.1 Å². The number of nitrogens with zero attached hydrogens (tertiary/aromatic N) is 4. The van der Waals surface area contributed by atoms with E-state index in [2.05, 4.69) is 30.7 Å². The average Bonchev–Trinajstić information content (AvgIpc) is 3.42. The molecule has 0 unspecified atom stereocenters. The van der Waals surface area contributed by atoms with Gasteiger partial charge in [-0.15, -0.1) is 0 Å². The number of Topliss-reactive ketones (excluding diaryl/α,β-unsaturated/α-hetero) is 1. The fourth-order valence-electron chi connectivity index (χ4n) is 4.38. The van der Waals surface area contributed by atoms with E-state index in [0.717, 1.165) is 22.6 Å². The minimum Gasteiger partial charge on any atom is -0.455 e. The first-order valence-electron chi connectivity index (χ1n) is 12.7. The summed E-state index contributed by atoms with van der Waals surface area (Å²) in [6.07, 6.45) is 1.55. The lowest BCUT2D eigenvalue weighted by atomic mass is 9.92. The summed E-state index contributed by atoms with van der Waals surface area (Å²) >= 11 is 0. The number of aromatic amines is 1. The summed E-state index contributed by atoms with van der Waals surface area (Å²) in [6, 6.07) is 15.9. The summed E-state index contributed by atoms with van der Waals surface area (Å²) in [5, 5.41) is 4.79. The third-order valence-electron chi connectivity index (χ3n) is 6.60. The number of hydrogen-bond donors (Lipinski definition) is 1. The van der Waals surface area contributed by atoms with E-state index in [1.165, 1.54) is 16.8 Å². The number of fused-ring (bicyclic) bond motifs is 1. The number of aryl methyl sites for hydroxylation is 2. The molecule has 2 aromatic carbocycles. The van der Waals surface area contributed by atoms with Crippen LogP contribution >= 0.6 is 0 Å². The number of benzene rings is 2. The molecule has 0 spiro atoms. The molecule has 0 bridgehead atoms.